The van der Waals surface area contributed by atoms with Gasteiger partial charge >= 0.3 is 6.09 Å². The largest absolute Gasteiger partial charge is 0.444 e. The highest BCUT2D eigenvalue weighted by Gasteiger charge is 2.28. The molecule has 1 fully saturated rings. The molecule has 1 aliphatic heterocycles. The molecule has 0 bridgehead atoms. The van der Waals surface area contributed by atoms with Crippen molar-refractivity contribution >= 4 is 17.4 Å². The summed E-state index contributed by atoms with van der Waals surface area (Å²) in [4.78, 5) is 18.6. The molecule has 4 nitrogen and oxygen atoms in total. The van der Waals surface area contributed by atoms with E-state index in [1.54, 1.807) is 22.3 Å². The Morgan fingerprint density at radius 3 is 2.68 bits per heavy atom. The molecule has 1 aliphatic rings. The number of carbonyl (C=O) groups excluding carboxylic acids is 1. The van der Waals surface area contributed by atoms with Gasteiger partial charge in [0.25, 0.3) is 0 Å². The Hall–Kier alpha value is -1.95. The van der Waals surface area contributed by atoms with E-state index >= 15 is 0 Å². The zero-order valence-corrected chi connectivity index (χ0v) is 15.6. The predicted molar refractivity (Wildman–Crippen MR) is 97.3 cm³/mol. The van der Waals surface area contributed by atoms with Crippen molar-refractivity contribution in [3.8, 4) is 11.3 Å². The minimum Gasteiger partial charge on any atom is -0.444 e. The molecule has 0 saturated carbocycles. The molecule has 3 rings (SSSR count). The van der Waals surface area contributed by atoms with Gasteiger partial charge in [-0.1, -0.05) is 12.1 Å². The van der Waals surface area contributed by atoms with Crippen LogP contribution in [0, 0.1) is 5.82 Å². The topological polar surface area (TPSA) is 42.4 Å². The van der Waals surface area contributed by atoms with Crippen molar-refractivity contribution in [2.24, 2.45) is 0 Å². The van der Waals surface area contributed by atoms with Crippen molar-refractivity contribution in [2.75, 3.05) is 13.1 Å². The molecule has 0 spiro atoms. The first kappa shape index (κ1) is 17.9. The Labute approximate surface area is 151 Å². The lowest BCUT2D eigenvalue weighted by molar-refractivity contribution is 0.0205. The number of likely N-dealkylation sites (tertiary alicyclic amines) is 1. The van der Waals surface area contributed by atoms with Gasteiger partial charge in [0.15, 0.2) is 0 Å². The highest BCUT2D eigenvalue weighted by Crippen LogP contribution is 2.33. The zero-order valence-electron chi connectivity index (χ0n) is 14.8. The van der Waals surface area contributed by atoms with Gasteiger partial charge in [-0.15, -0.1) is 11.3 Å². The number of amides is 1. The average Bonchev–Trinajstić information content (AvgIpc) is 3.03. The first-order valence-electron chi connectivity index (χ1n) is 8.51. The Morgan fingerprint density at radius 1 is 1.32 bits per heavy atom. The second-order valence-electron chi connectivity index (χ2n) is 7.32. The third kappa shape index (κ3) is 4.57. The molecule has 0 unspecified atom stereocenters. The van der Waals surface area contributed by atoms with Crippen molar-refractivity contribution in [1.29, 1.82) is 0 Å². The molecule has 1 amide bonds. The first-order chi connectivity index (χ1) is 11.8. The van der Waals surface area contributed by atoms with Crippen LogP contribution in [0.4, 0.5) is 9.18 Å². The summed E-state index contributed by atoms with van der Waals surface area (Å²) in [6, 6.07) is 6.50. The number of benzene rings is 1. The fraction of sp³-hybridized carbons (Fsp3) is 0.474. The van der Waals surface area contributed by atoms with Crippen LogP contribution >= 0.6 is 11.3 Å². The zero-order chi connectivity index (χ0) is 18.0. The molecule has 0 radical (unpaired) electrons. The van der Waals surface area contributed by atoms with E-state index in [2.05, 4.69) is 0 Å². The van der Waals surface area contributed by atoms with Gasteiger partial charge in [-0.3, -0.25) is 0 Å². The van der Waals surface area contributed by atoms with Crippen LogP contribution in [0.2, 0.25) is 0 Å². The summed E-state index contributed by atoms with van der Waals surface area (Å²) >= 11 is 1.61. The minimum absolute atomic E-state index is 0.245. The number of halogens is 1. The standard InChI is InChI=1S/C19H23FN2O2S/c1-19(2,3)24-18(23)22-9-7-13(8-10-22)17-21-16(12-25-17)14-5-4-6-15(20)11-14/h4-6,11-13H,7-10H2,1-3H3. The van der Waals surface area contributed by atoms with Gasteiger partial charge < -0.3 is 9.64 Å². The van der Waals surface area contributed by atoms with Crippen LogP contribution in [0.25, 0.3) is 11.3 Å². The van der Waals surface area contributed by atoms with E-state index in [9.17, 15) is 9.18 Å². The second kappa shape index (κ2) is 7.12. The Bertz CT molecular complexity index is 746. The average molecular weight is 362 g/mol. The van der Waals surface area contributed by atoms with Crippen LogP contribution in [-0.4, -0.2) is 34.7 Å². The lowest BCUT2D eigenvalue weighted by Crippen LogP contribution is -2.41. The monoisotopic (exact) mass is 362 g/mol. The van der Waals surface area contributed by atoms with E-state index in [1.165, 1.54) is 12.1 Å². The van der Waals surface area contributed by atoms with Crippen LogP contribution in [0.1, 0.15) is 44.5 Å². The quantitative estimate of drug-likeness (QED) is 0.749. The number of ether oxygens (including phenoxy) is 1. The maximum atomic E-state index is 13.4. The summed E-state index contributed by atoms with van der Waals surface area (Å²) < 4.78 is 18.8. The SMILES string of the molecule is CC(C)(C)OC(=O)N1CCC(c2nc(-c3cccc(F)c3)cs2)CC1. The van der Waals surface area contributed by atoms with Crippen LogP contribution in [-0.2, 0) is 4.74 Å². The Morgan fingerprint density at radius 2 is 2.04 bits per heavy atom. The van der Waals surface area contributed by atoms with Crippen LogP contribution < -0.4 is 0 Å². The summed E-state index contributed by atoms with van der Waals surface area (Å²) in [5, 5.41) is 3.03. The number of aromatic nitrogens is 1. The molecule has 1 saturated heterocycles. The number of rotatable bonds is 2. The molecule has 1 aromatic carbocycles. The summed E-state index contributed by atoms with van der Waals surface area (Å²) in [7, 11) is 0. The molecule has 6 heteroatoms. The van der Waals surface area contributed by atoms with E-state index in [1.807, 2.05) is 32.2 Å². The molecule has 0 N–H and O–H groups in total. The molecular formula is C19H23FN2O2S. The van der Waals surface area contributed by atoms with Crippen molar-refractivity contribution < 1.29 is 13.9 Å². The van der Waals surface area contributed by atoms with Gasteiger partial charge in [0.05, 0.1) is 10.7 Å². The van der Waals surface area contributed by atoms with E-state index < -0.39 is 5.60 Å². The molecule has 2 aromatic rings. The fourth-order valence-corrected chi connectivity index (χ4v) is 3.89. The van der Waals surface area contributed by atoms with Gasteiger partial charge in [0.2, 0.25) is 0 Å². The van der Waals surface area contributed by atoms with Crippen molar-refractivity contribution in [2.45, 2.75) is 45.1 Å². The minimum atomic E-state index is -0.469. The third-order valence-corrected chi connectivity index (χ3v) is 5.15. The van der Waals surface area contributed by atoms with Gasteiger partial charge in [-0.05, 0) is 45.7 Å². The Balaban J connectivity index is 1.61. The predicted octanol–water partition coefficient (Wildman–Crippen LogP) is 5.06. The first-order valence-corrected chi connectivity index (χ1v) is 9.39. The highest BCUT2D eigenvalue weighted by molar-refractivity contribution is 7.10. The molecule has 25 heavy (non-hydrogen) atoms. The highest BCUT2D eigenvalue weighted by atomic mass is 32.1. The van der Waals surface area contributed by atoms with Crippen molar-refractivity contribution in [3.05, 3.63) is 40.5 Å². The summed E-state index contributed by atoms with van der Waals surface area (Å²) in [6.07, 6.45) is 1.50. The number of carbonyl (C=O) groups is 1. The normalized spacial score (nSPS) is 16.1. The van der Waals surface area contributed by atoms with E-state index in [4.69, 9.17) is 9.72 Å². The van der Waals surface area contributed by atoms with E-state index in [-0.39, 0.29) is 11.9 Å². The van der Waals surface area contributed by atoms with Crippen molar-refractivity contribution in [3.63, 3.8) is 0 Å². The summed E-state index contributed by atoms with van der Waals surface area (Å²) in [5.74, 6) is 0.0868. The maximum Gasteiger partial charge on any atom is 0.410 e. The lowest BCUT2D eigenvalue weighted by Gasteiger charge is -2.32. The number of hydrogen-bond acceptors (Lipinski definition) is 4. The van der Waals surface area contributed by atoms with E-state index in [0.29, 0.717) is 19.0 Å². The summed E-state index contributed by atoms with van der Waals surface area (Å²) in [5.41, 5.74) is 1.14. The molecule has 1 aromatic heterocycles. The third-order valence-electron chi connectivity index (χ3n) is 4.14. The Kier molecular flexibility index (Phi) is 5.08. The molecular weight excluding hydrogens is 339 g/mol. The van der Waals surface area contributed by atoms with Crippen LogP contribution in [0.5, 0.6) is 0 Å². The fourth-order valence-electron chi connectivity index (χ4n) is 2.89. The van der Waals surface area contributed by atoms with Gasteiger partial charge in [-0.25, -0.2) is 14.2 Å². The molecule has 134 valence electrons. The number of thiazole rings is 1. The number of hydrogen-bond donors (Lipinski definition) is 0. The van der Waals surface area contributed by atoms with Crippen molar-refractivity contribution in [1.82, 2.24) is 9.88 Å². The van der Waals surface area contributed by atoms with Crippen LogP contribution in [0.15, 0.2) is 29.6 Å². The summed E-state index contributed by atoms with van der Waals surface area (Å²) in [6.45, 7) is 6.98. The molecule has 0 aliphatic carbocycles. The van der Waals surface area contributed by atoms with E-state index in [0.717, 1.165) is 29.1 Å². The van der Waals surface area contributed by atoms with Crippen LogP contribution in [0.3, 0.4) is 0 Å². The second-order valence-corrected chi connectivity index (χ2v) is 8.21. The van der Waals surface area contributed by atoms with Gasteiger partial charge in [-0.2, -0.15) is 0 Å². The lowest BCUT2D eigenvalue weighted by atomic mass is 9.98. The van der Waals surface area contributed by atoms with Gasteiger partial charge in [0.1, 0.15) is 11.4 Å². The smallest absolute Gasteiger partial charge is 0.410 e. The maximum absolute atomic E-state index is 13.4. The number of piperidine rings is 1. The molecule has 0 atom stereocenters. The van der Waals surface area contributed by atoms with Gasteiger partial charge in [0, 0.05) is 30.0 Å². The molecule has 2 heterocycles. The number of nitrogens with zero attached hydrogens (tertiary/aromatic N) is 2.